The van der Waals surface area contributed by atoms with Gasteiger partial charge in [0, 0.05) is 18.5 Å². The van der Waals surface area contributed by atoms with Crippen molar-refractivity contribution in [1.29, 1.82) is 0 Å². The lowest BCUT2D eigenvalue weighted by atomic mass is 10.2. The van der Waals surface area contributed by atoms with Gasteiger partial charge < -0.3 is 10.5 Å². The minimum atomic E-state index is -4.91. The Labute approximate surface area is 95.4 Å². The van der Waals surface area contributed by atoms with Gasteiger partial charge in [-0.05, 0) is 18.2 Å². The Hall–Kier alpha value is -1.74. The van der Waals surface area contributed by atoms with Crippen molar-refractivity contribution in [3.05, 3.63) is 29.6 Å². The van der Waals surface area contributed by atoms with E-state index in [1.807, 2.05) is 0 Å². The third-order valence-electron chi connectivity index (χ3n) is 1.66. The Morgan fingerprint density at radius 1 is 1.29 bits per heavy atom. The highest BCUT2D eigenvalue weighted by atomic mass is 19.4. The Balaban J connectivity index is 2.84. The Morgan fingerprint density at radius 2 is 2.00 bits per heavy atom. The Kier molecular flexibility index (Phi) is 4.35. The van der Waals surface area contributed by atoms with Crippen LogP contribution in [0.4, 0.5) is 17.6 Å². The van der Waals surface area contributed by atoms with Crippen LogP contribution in [-0.2, 0) is 0 Å². The predicted molar refractivity (Wildman–Crippen MR) is 53.6 cm³/mol. The summed E-state index contributed by atoms with van der Waals surface area (Å²) in [5.41, 5.74) is 5.46. The number of ether oxygens (including phenoxy) is 1. The Morgan fingerprint density at radius 3 is 2.53 bits per heavy atom. The molecule has 6 heteroatoms. The molecule has 0 radical (unpaired) electrons. The average Bonchev–Trinajstić information content (AvgIpc) is 2.21. The SMILES string of the molecule is NCCC#Cc1ccc(OC(F)(F)F)c(F)c1. The summed E-state index contributed by atoms with van der Waals surface area (Å²) in [6.07, 6.45) is -4.48. The van der Waals surface area contributed by atoms with Crippen molar-refractivity contribution in [2.75, 3.05) is 6.54 Å². The van der Waals surface area contributed by atoms with E-state index in [1.54, 1.807) is 0 Å². The number of alkyl halides is 3. The largest absolute Gasteiger partial charge is 0.573 e. The van der Waals surface area contributed by atoms with E-state index in [1.165, 1.54) is 6.07 Å². The first-order valence-electron chi connectivity index (χ1n) is 4.66. The molecule has 1 rings (SSSR count). The number of rotatable bonds is 2. The minimum absolute atomic E-state index is 0.269. The fourth-order valence-electron chi connectivity index (χ4n) is 1.02. The van der Waals surface area contributed by atoms with Crippen molar-refractivity contribution in [3.63, 3.8) is 0 Å². The van der Waals surface area contributed by atoms with Crippen LogP contribution < -0.4 is 10.5 Å². The quantitative estimate of drug-likeness (QED) is 0.643. The lowest BCUT2D eigenvalue weighted by Crippen LogP contribution is -2.17. The molecule has 0 aliphatic rings. The Bertz CT molecular complexity index is 445. The van der Waals surface area contributed by atoms with Crippen LogP contribution in [0.2, 0.25) is 0 Å². The van der Waals surface area contributed by atoms with Crippen molar-refractivity contribution < 1.29 is 22.3 Å². The molecule has 1 aromatic rings. The molecular weight excluding hydrogens is 238 g/mol. The van der Waals surface area contributed by atoms with Crippen LogP contribution in [0.1, 0.15) is 12.0 Å². The van der Waals surface area contributed by atoms with Gasteiger partial charge in [-0.15, -0.1) is 13.2 Å². The first kappa shape index (κ1) is 13.3. The standard InChI is InChI=1S/C11H9F4NO/c12-9-7-8(3-1-2-6-16)4-5-10(9)17-11(13,14)15/h4-5,7H,2,6,16H2. The number of halogens is 4. The van der Waals surface area contributed by atoms with Crippen LogP contribution in [0, 0.1) is 17.7 Å². The van der Waals surface area contributed by atoms with Crippen LogP contribution >= 0.6 is 0 Å². The molecule has 0 saturated carbocycles. The summed E-state index contributed by atoms with van der Waals surface area (Å²) in [6.45, 7) is 0.366. The third kappa shape index (κ3) is 4.74. The van der Waals surface area contributed by atoms with Gasteiger partial charge in [-0.3, -0.25) is 0 Å². The normalized spacial score (nSPS) is 10.6. The van der Waals surface area contributed by atoms with Gasteiger partial charge in [0.25, 0.3) is 0 Å². The number of nitrogens with two attached hydrogens (primary N) is 1. The van der Waals surface area contributed by atoms with E-state index in [4.69, 9.17) is 5.73 Å². The van der Waals surface area contributed by atoms with Gasteiger partial charge in [0.2, 0.25) is 0 Å². The molecule has 0 spiro atoms. The van der Waals surface area contributed by atoms with Crippen molar-refractivity contribution in [2.45, 2.75) is 12.8 Å². The second-order valence-electron chi connectivity index (χ2n) is 3.03. The molecule has 0 bridgehead atoms. The topological polar surface area (TPSA) is 35.2 Å². The van der Waals surface area contributed by atoms with Crippen LogP contribution in [-0.4, -0.2) is 12.9 Å². The molecule has 92 valence electrons. The smallest absolute Gasteiger partial charge is 0.403 e. The van der Waals surface area contributed by atoms with E-state index in [9.17, 15) is 17.6 Å². The van der Waals surface area contributed by atoms with E-state index in [0.29, 0.717) is 13.0 Å². The van der Waals surface area contributed by atoms with Crippen LogP contribution in [0.5, 0.6) is 5.75 Å². The van der Waals surface area contributed by atoms with Gasteiger partial charge in [-0.25, -0.2) is 4.39 Å². The minimum Gasteiger partial charge on any atom is -0.403 e. The maximum absolute atomic E-state index is 13.2. The predicted octanol–water partition coefficient (Wildman–Crippen LogP) is 2.42. The zero-order valence-corrected chi connectivity index (χ0v) is 8.64. The molecule has 1 aromatic carbocycles. The lowest BCUT2D eigenvalue weighted by molar-refractivity contribution is -0.275. The molecule has 0 aliphatic heterocycles. The van der Waals surface area contributed by atoms with Crippen molar-refractivity contribution >= 4 is 0 Å². The second kappa shape index (κ2) is 5.55. The molecule has 17 heavy (non-hydrogen) atoms. The van der Waals surface area contributed by atoms with Gasteiger partial charge in [-0.1, -0.05) is 11.8 Å². The molecule has 0 heterocycles. The summed E-state index contributed by atoms with van der Waals surface area (Å²) in [4.78, 5) is 0. The maximum atomic E-state index is 13.2. The summed E-state index contributed by atoms with van der Waals surface area (Å²) < 4.78 is 52.2. The van der Waals surface area contributed by atoms with Gasteiger partial charge >= 0.3 is 6.36 Å². The summed E-state index contributed by atoms with van der Waals surface area (Å²) in [6, 6.07) is 3.01. The molecule has 2 nitrogen and oxygen atoms in total. The van der Waals surface area contributed by atoms with Crippen molar-refractivity contribution in [2.24, 2.45) is 5.73 Å². The van der Waals surface area contributed by atoms with Crippen LogP contribution in [0.15, 0.2) is 18.2 Å². The summed E-state index contributed by atoms with van der Waals surface area (Å²) in [5.74, 6) is 3.23. The molecule has 2 N–H and O–H groups in total. The molecule has 0 unspecified atom stereocenters. The number of benzene rings is 1. The molecule has 0 aliphatic carbocycles. The van der Waals surface area contributed by atoms with E-state index in [0.717, 1.165) is 12.1 Å². The molecule has 0 atom stereocenters. The molecule has 0 saturated heterocycles. The van der Waals surface area contributed by atoms with E-state index < -0.39 is 17.9 Å². The van der Waals surface area contributed by atoms with Crippen molar-refractivity contribution in [1.82, 2.24) is 0 Å². The van der Waals surface area contributed by atoms with E-state index >= 15 is 0 Å². The summed E-state index contributed by atoms with van der Waals surface area (Å²) in [7, 11) is 0. The summed E-state index contributed by atoms with van der Waals surface area (Å²) in [5, 5.41) is 0. The lowest BCUT2D eigenvalue weighted by Gasteiger charge is -2.09. The molecule has 0 fully saturated rings. The van der Waals surface area contributed by atoms with Gasteiger partial charge in [0.1, 0.15) is 0 Å². The number of hydrogen-bond acceptors (Lipinski definition) is 2. The zero-order chi connectivity index (χ0) is 12.9. The third-order valence-corrected chi connectivity index (χ3v) is 1.66. The average molecular weight is 247 g/mol. The van der Waals surface area contributed by atoms with Crippen LogP contribution in [0.3, 0.4) is 0 Å². The first-order valence-corrected chi connectivity index (χ1v) is 4.66. The van der Waals surface area contributed by atoms with Crippen molar-refractivity contribution in [3.8, 4) is 17.6 Å². The first-order chi connectivity index (χ1) is 7.92. The highest BCUT2D eigenvalue weighted by molar-refractivity contribution is 5.39. The monoisotopic (exact) mass is 247 g/mol. The fraction of sp³-hybridized carbons (Fsp3) is 0.273. The summed E-state index contributed by atoms with van der Waals surface area (Å²) >= 11 is 0. The highest BCUT2D eigenvalue weighted by Gasteiger charge is 2.32. The molecule has 0 amide bonds. The molecular formula is C11H9F4NO. The second-order valence-corrected chi connectivity index (χ2v) is 3.03. The van der Waals surface area contributed by atoms with Gasteiger partial charge in [0.05, 0.1) is 0 Å². The van der Waals surface area contributed by atoms with E-state index in [-0.39, 0.29) is 5.56 Å². The van der Waals surface area contributed by atoms with Gasteiger partial charge in [0.15, 0.2) is 11.6 Å². The maximum Gasteiger partial charge on any atom is 0.573 e. The molecule has 0 aromatic heterocycles. The zero-order valence-electron chi connectivity index (χ0n) is 8.64. The van der Waals surface area contributed by atoms with Crippen LogP contribution in [0.25, 0.3) is 0 Å². The van der Waals surface area contributed by atoms with E-state index in [2.05, 4.69) is 16.6 Å². The highest BCUT2D eigenvalue weighted by Crippen LogP contribution is 2.25. The number of hydrogen-bond donors (Lipinski definition) is 1. The van der Waals surface area contributed by atoms with Gasteiger partial charge in [-0.2, -0.15) is 0 Å². The fourth-order valence-corrected chi connectivity index (χ4v) is 1.02.